The molecule has 0 aliphatic heterocycles. The van der Waals surface area contributed by atoms with E-state index in [2.05, 4.69) is 15.7 Å². The summed E-state index contributed by atoms with van der Waals surface area (Å²) in [7, 11) is 0. The molecule has 140 valence electrons. The van der Waals surface area contributed by atoms with Crippen LogP contribution < -0.4 is 10.6 Å². The number of hydrogen-bond donors (Lipinski definition) is 2. The Morgan fingerprint density at radius 1 is 1.07 bits per heavy atom. The lowest BCUT2D eigenvalue weighted by Crippen LogP contribution is -2.30. The van der Waals surface area contributed by atoms with Gasteiger partial charge in [0.15, 0.2) is 0 Å². The molecule has 0 saturated carbocycles. The SMILES string of the molecule is O=C(NCc1cc(F)ccc1C(F)(F)F)Nc1ccnn1-c1ccccc1. The average molecular weight is 378 g/mol. The van der Waals surface area contributed by atoms with Crippen LogP contribution in [0.15, 0.2) is 60.8 Å². The van der Waals surface area contributed by atoms with E-state index in [9.17, 15) is 22.4 Å². The van der Waals surface area contributed by atoms with Crippen LogP contribution in [-0.2, 0) is 12.7 Å². The number of halogens is 4. The normalized spacial score (nSPS) is 11.3. The number of hydrogen-bond acceptors (Lipinski definition) is 2. The fourth-order valence-electron chi connectivity index (χ4n) is 2.49. The maximum atomic E-state index is 13.3. The maximum absolute atomic E-state index is 13.3. The minimum atomic E-state index is -4.65. The number of carbonyl (C=O) groups is 1. The molecule has 0 bridgehead atoms. The molecule has 0 spiro atoms. The Hall–Kier alpha value is -3.36. The fourth-order valence-corrected chi connectivity index (χ4v) is 2.49. The monoisotopic (exact) mass is 378 g/mol. The fraction of sp³-hybridized carbons (Fsp3) is 0.111. The molecule has 0 saturated heterocycles. The van der Waals surface area contributed by atoms with Gasteiger partial charge in [0.25, 0.3) is 0 Å². The van der Waals surface area contributed by atoms with E-state index in [-0.39, 0.29) is 5.56 Å². The molecule has 2 amide bonds. The summed E-state index contributed by atoms with van der Waals surface area (Å²) in [5.74, 6) is -0.489. The minimum absolute atomic E-state index is 0.328. The van der Waals surface area contributed by atoms with Crippen LogP contribution >= 0.6 is 0 Å². The standard InChI is InChI=1S/C18H14F4N4O/c19-13-6-7-15(18(20,21)22)12(10-13)11-23-17(27)25-16-8-9-24-26(16)14-4-2-1-3-5-14/h1-10H,11H2,(H2,23,25,27). The van der Waals surface area contributed by atoms with Gasteiger partial charge in [-0.2, -0.15) is 18.3 Å². The van der Waals surface area contributed by atoms with Crippen LogP contribution in [0.25, 0.3) is 5.69 Å². The first-order valence-corrected chi connectivity index (χ1v) is 7.84. The number of rotatable bonds is 4. The topological polar surface area (TPSA) is 59.0 Å². The van der Waals surface area contributed by atoms with Crippen molar-refractivity contribution in [2.45, 2.75) is 12.7 Å². The summed E-state index contributed by atoms with van der Waals surface area (Å²) >= 11 is 0. The van der Waals surface area contributed by atoms with E-state index in [0.29, 0.717) is 17.6 Å². The Labute approximate surface area is 151 Å². The van der Waals surface area contributed by atoms with Crippen molar-refractivity contribution in [3.63, 3.8) is 0 Å². The number of benzene rings is 2. The summed E-state index contributed by atoms with van der Waals surface area (Å²) in [6.07, 6.45) is -3.18. The molecule has 0 aliphatic carbocycles. The molecule has 1 heterocycles. The van der Waals surface area contributed by atoms with Gasteiger partial charge >= 0.3 is 12.2 Å². The van der Waals surface area contributed by atoms with Crippen LogP contribution in [0.5, 0.6) is 0 Å². The molecular formula is C18H14F4N4O. The molecule has 1 aromatic heterocycles. The molecule has 0 unspecified atom stereocenters. The molecule has 0 radical (unpaired) electrons. The number of alkyl halides is 3. The number of urea groups is 1. The summed E-state index contributed by atoms with van der Waals surface area (Å²) < 4.78 is 53.7. The van der Waals surface area contributed by atoms with E-state index in [1.54, 1.807) is 24.3 Å². The van der Waals surface area contributed by atoms with E-state index in [1.165, 1.54) is 16.9 Å². The van der Waals surface area contributed by atoms with Crippen molar-refractivity contribution in [3.05, 3.63) is 77.7 Å². The number of carbonyl (C=O) groups excluding carboxylic acids is 1. The predicted octanol–water partition coefficient (Wildman–Crippen LogP) is 4.35. The Kier molecular flexibility index (Phi) is 5.11. The highest BCUT2D eigenvalue weighted by atomic mass is 19.4. The first-order valence-electron chi connectivity index (χ1n) is 7.84. The summed E-state index contributed by atoms with van der Waals surface area (Å²) in [6, 6.07) is 11.9. The Morgan fingerprint density at radius 3 is 2.52 bits per heavy atom. The lowest BCUT2D eigenvalue weighted by atomic mass is 10.1. The lowest BCUT2D eigenvalue weighted by molar-refractivity contribution is -0.138. The van der Waals surface area contributed by atoms with Crippen molar-refractivity contribution in [1.29, 1.82) is 0 Å². The third-order valence-corrected chi connectivity index (χ3v) is 3.70. The molecule has 0 atom stereocenters. The van der Waals surface area contributed by atoms with Gasteiger partial charge in [-0.1, -0.05) is 18.2 Å². The van der Waals surface area contributed by atoms with Gasteiger partial charge in [0, 0.05) is 12.6 Å². The van der Waals surface area contributed by atoms with Crippen LogP contribution in [0.3, 0.4) is 0 Å². The van der Waals surface area contributed by atoms with Crippen LogP contribution in [0.4, 0.5) is 28.2 Å². The number of para-hydroxylation sites is 1. The van der Waals surface area contributed by atoms with E-state index in [1.807, 2.05) is 6.07 Å². The first-order chi connectivity index (χ1) is 12.8. The molecular weight excluding hydrogens is 364 g/mol. The zero-order valence-corrected chi connectivity index (χ0v) is 13.8. The van der Waals surface area contributed by atoms with Crippen molar-refractivity contribution in [2.24, 2.45) is 0 Å². The average Bonchev–Trinajstić information content (AvgIpc) is 3.08. The predicted molar refractivity (Wildman–Crippen MR) is 90.8 cm³/mol. The minimum Gasteiger partial charge on any atom is -0.334 e. The second-order valence-electron chi connectivity index (χ2n) is 5.57. The molecule has 3 rings (SSSR count). The number of anilines is 1. The molecule has 2 N–H and O–H groups in total. The van der Waals surface area contributed by atoms with Gasteiger partial charge in [0.2, 0.25) is 0 Å². The van der Waals surface area contributed by atoms with E-state index in [0.717, 1.165) is 12.1 Å². The van der Waals surface area contributed by atoms with Gasteiger partial charge in [-0.05, 0) is 35.9 Å². The van der Waals surface area contributed by atoms with E-state index in [4.69, 9.17) is 0 Å². The summed E-state index contributed by atoms with van der Waals surface area (Å²) in [6.45, 7) is -0.488. The molecule has 5 nitrogen and oxygen atoms in total. The molecule has 3 aromatic rings. The number of amides is 2. The van der Waals surface area contributed by atoms with Crippen LogP contribution in [0.2, 0.25) is 0 Å². The zero-order valence-electron chi connectivity index (χ0n) is 13.8. The van der Waals surface area contributed by atoms with Crippen molar-refractivity contribution >= 4 is 11.8 Å². The van der Waals surface area contributed by atoms with Crippen molar-refractivity contribution < 1.29 is 22.4 Å². The molecule has 2 aromatic carbocycles. The van der Waals surface area contributed by atoms with Crippen LogP contribution in [0, 0.1) is 5.82 Å². The molecule has 0 aliphatic rings. The Bertz CT molecular complexity index is 938. The maximum Gasteiger partial charge on any atom is 0.416 e. The van der Waals surface area contributed by atoms with Crippen molar-refractivity contribution in [2.75, 3.05) is 5.32 Å². The number of nitrogens with zero attached hydrogens (tertiary/aromatic N) is 2. The third kappa shape index (κ3) is 4.43. The van der Waals surface area contributed by atoms with E-state index < -0.39 is 30.1 Å². The molecule has 9 heteroatoms. The van der Waals surface area contributed by atoms with Gasteiger partial charge in [-0.15, -0.1) is 0 Å². The smallest absolute Gasteiger partial charge is 0.334 e. The highest BCUT2D eigenvalue weighted by Crippen LogP contribution is 2.32. The third-order valence-electron chi connectivity index (χ3n) is 3.70. The zero-order chi connectivity index (χ0) is 19.4. The highest BCUT2D eigenvalue weighted by Gasteiger charge is 2.33. The van der Waals surface area contributed by atoms with E-state index >= 15 is 0 Å². The van der Waals surface area contributed by atoms with Gasteiger partial charge in [0.1, 0.15) is 11.6 Å². The largest absolute Gasteiger partial charge is 0.416 e. The van der Waals surface area contributed by atoms with Gasteiger partial charge in [-0.25, -0.2) is 13.9 Å². The lowest BCUT2D eigenvalue weighted by Gasteiger charge is -2.14. The summed E-state index contributed by atoms with van der Waals surface area (Å²) in [5, 5.41) is 8.90. The molecule has 27 heavy (non-hydrogen) atoms. The summed E-state index contributed by atoms with van der Waals surface area (Å²) in [4.78, 5) is 12.1. The second-order valence-corrected chi connectivity index (χ2v) is 5.57. The van der Waals surface area contributed by atoms with Crippen LogP contribution in [0.1, 0.15) is 11.1 Å². The first kappa shape index (κ1) is 18.4. The van der Waals surface area contributed by atoms with Crippen molar-refractivity contribution in [1.82, 2.24) is 15.1 Å². The quantitative estimate of drug-likeness (QED) is 0.663. The van der Waals surface area contributed by atoms with Crippen LogP contribution in [-0.4, -0.2) is 15.8 Å². The summed E-state index contributed by atoms with van der Waals surface area (Å²) in [5.41, 5.74) is -0.671. The highest BCUT2D eigenvalue weighted by molar-refractivity contribution is 5.88. The number of aromatic nitrogens is 2. The molecule has 0 fully saturated rings. The van der Waals surface area contributed by atoms with Crippen molar-refractivity contribution in [3.8, 4) is 5.69 Å². The second kappa shape index (κ2) is 7.48. The van der Waals surface area contributed by atoms with Gasteiger partial charge < -0.3 is 5.32 Å². The van der Waals surface area contributed by atoms with Gasteiger partial charge in [0.05, 0.1) is 17.4 Å². The Morgan fingerprint density at radius 2 is 1.81 bits per heavy atom. The Balaban J connectivity index is 1.70. The van der Waals surface area contributed by atoms with Gasteiger partial charge in [-0.3, -0.25) is 5.32 Å². The number of nitrogens with one attached hydrogen (secondary N) is 2.